The van der Waals surface area contributed by atoms with Gasteiger partial charge >= 0.3 is 12.5 Å². The van der Waals surface area contributed by atoms with E-state index in [-0.39, 0.29) is 17.5 Å². The van der Waals surface area contributed by atoms with Crippen LogP contribution in [0.3, 0.4) is 0 Å². The number of ether oxygens (including phenoxy) is 1. The zero-order valence-electron chi connectivity index (χ0n) is 15.5. The highest BCUT2D eigenvalue weighted by Crippen LogP contribution is 2.31. The molecule has 0 saturated heterocycles. The molecular formula is C17H19F6N5O. The molecule has 0 atom stereocenters. The number of hydrogen-bond acceptors (Lipinski definition) is 6. The molecule has 0 aliphatic rings. The lowest BCUT2D eigenvalue weighted by Gasteiger charge is -2.14. The molecule has 0 fully saturated rings. The number of aromatic nitrogens is 2. The van der Waals surface area contributed by atoms with Crippen LogP contribution < -0.4 is 15.4 Å². The summed E-state index contributed by atoms with van der Waals surface area (Å²) in [5.41, 5.74) is -1.12. The monoisotopic (exact) mass is 423 g/mol. The van der Waals surface area contributed by atoms with Crippen LogP contribution in [-0.2, 0) is 6.18 Å². The van der Waals surface area contributed by atoms with Gasteiger partial charge in [0, 0.05) is 24.4 Å². The molecule has 0 unspecified atom stereocenters. The predicted octanol–water partition coefficient (Wildman–Crippen LogP) is 4.50. The van der Waals surface area contributed by atoms with E-state index in [4.69, 9.17) is 0 Å². The molecule has 0 spiro atoms. The van der Waals surface area contributed by atoms with Crippen molar-refractivity contribution in [3.8, 4) is 5.75 Å². The van der Waals surface area contributed by atoms with Crippen molar-refractivity contribution in [3.05, 3.63) is 36.0 Å². The third-order valence-electron chi connectivity index (χ3n) is 3.42. The van der Waals surface area contributed by atoms with E-state index in [1.54, 1.807) is 0 Å². The number of anilines is 3. The molecule has 1 aromatic carbocycles. The zero-order chi connectivity index (χ0) is 21.7. The van der Waals surface area contributed by atoms with Crippen molar-refractivity contribution < 1.29 is 31.1 Å². The van der Waals surface area contributed by atoms with E-state index in [1.165, 1.54) is 12.1 Å². The Morgan fingerprint density at radius 3 is 2.38 bits per heavy atom. The van der Waals surface area contributed by atoms with Gasteiger partial charge in [-0.05, 0) is 39.2 Å². The van der Waals surface area contributed by atoms with Crippen LogP contribution >= 0.6 is 0 Å². The quantitative estimate of drug-likeness (QED) is 0.482. The van der Waals surface area contributed by atoms with Crippen LogP contribution in [0, 0.1) is 0 Å². The molecule has 29 heavy (non-hydrogen) atoms. The fraction of sp³-hybridized carbons (Fsp3) is 0.412. The second-order valence-corrected chi connectivity index (χ2v) is 6.24. The Balaban J connectivity index is 2.20. The highest BCUT2D eigenvalue weighted by molar-refractivity contribution is 5.59. The number of nitrogens with zero attached hydrogens (tertiary/aromatic N) is 3. The molecule has 0 aliphatic heterocycles. The van der Waals surface area contributed by atoms with Crippen LogP contribution in [0.1, 0.15) is 12.1 Å². The maximum Gasteiger partial charge on any atom is 0.573 e. The number of alkyl halides is 6. The summed E-state index contributed by atoms with van der Waals surface area (Å²) in [6, 6.07) is 5.35. The van der Waals surface area contributed by atoms with Crippen molar-refractivity contribution in [1.29, 1.82) is 0 Å². The van der Waals surface area contributed by atoms with Gasteiger partial charge in [-0.1, -0.05) is 6.07 Å². The molecule has 0 bridgehead atoms. The minimum Gasteiger partial charge on any atom is -0.406 e. The molecule has 0 radical (unpaired) electrons. The van der Waals surface area contributed by atoms with Gasteiger partial charge < -0.3 is 20.3 Å². The Hall–Kier alpha value is -2.76. The fourth-order valence-electron chi connectivity index (χ4n) is 2.25. The van der Waals surface area contributed by atoms with Crippen LogP contribution in [0.25, 0.3) is 0 Å². The first-order chi connectivity index (χ1) is 13.4. The average molecular weight is 423 g/mol. The molecule has 0 saturated carbocycles. The third kappa shape index (κ3) is 8.02. The van der Waals surface area contributed by atoms with Gasteiger partial charge in [0.15, 0.2) is 5.69 Å². The normalized spacial score (nSPS) is 12.2. The van der Waals surface area contributed by atoms with Gasteiger partial charge in [0.1, 0.15) is 11.6 Å². The van der Waals surface area contributed by atoms with Crippen molar-refractivity contribution in [2.75, 3.05) is 37.8 Å². The van der Waals surface area contributed by atoms with Gasteiger partial charge in [0.2, 0.25) is 5.95 Å². The lowest BCUT2D eigenvalue weighted by atomic mass is 10.3. The molecule has 2 aromatic rings. The zero-order valence-corrected chi connectivity index (χ0v) is 15.5. The van der Waals surface area contributed by atoms with E-state index < -0.39 is 24.0 Å². The lowest BCUT2D eigenvalue weighted by molar-refractivity contribution is -0.274. The summed E-state index contributed by atoms with van der Waals surface area (Å²) >= 11 is 0. The van der Waals surface area contributed by atoms with Crippen molar-refractivity contribution in [3.63, 3.8) is 0 Å². The molecule has 2 N–H and O–H groups in total. The van der Waals surface area contributed by atoms with Crippen molar-refractivity contribution in [1.82, 2.24) is 14.9 Å². The van der Waals surface area contributed by atoms with Gasteiger partial charge in [-0.3, -0.25) is 0 Å². The fourth-order valence-corrected chi connectivity index (χ4v) is 2.25. The summed E-state index contributed by atoms with van der Waals surface area (Å²) in [5, 5.41) is 5.26. The average Bonchev–Trinajstić information content (AvgIpc) is 2.56. The molecule has 6 nitrogen and oxygen atoms in total. The van der Waals surface area contributed by atoms with Crippen LogP contribution in [0.2, 0.25) is 0 Å². The Labute approximate surface area is 162 Å². The highest BCUT2D eigenvalue weighted by Gasteiger charge is 2.34. The van der Waals surface area contributed by atoms with E-state index in [1.807, 2.05) is 19.0 Å². The summed E-state index contributed by atoms with van der Waals surface area (Å²) in [6.07, 6.45) is -8.96. The van der Waals surface area contributed by atoms with Crippen LogP contribution in [0.15, 0.2) is 30.3 Å². The van der Waals surface area contributed by atoms with Crippen LogP contribution in [-0.4, -0.2) is 48.4 Å². The molecule has 1 aromatic heterocycles. The van der Waals surface area contributed by atoms with Crippen LogP contribution in [0.5, 0.6) is 5.75 Å². The molecule has 1 heterocycles. The number of nitrogens with one attached hydrogen (secondary N) is 2. The van der Waals surface area contributed by atoms with E-state index >= 15 is 0 Å². The van der Waals surface area contributed by atoms with Gasteiger partial charge in [0.05, 0.1) is 0 Å². The lowest BCUT2D eigenvalue weighted by Crippen LogP contribution is -2.18. The van der Waals surface area contributed by atoms with Crippen molar-refractivity contribution in [2.45, 2.75) is 19.0 Å². The van der Waals surface area contributed by atoms with Gasteiger partial charge in [0.25, 0.3) is 0 Å². The largest absolute Gasteiger partial charge is 0.573 e. The van der Waals surface area contributed by atoms with E-state index in [0.717, 1.165) is 12.1 Å². The number of benzene rings is 1. The smallest absolute Gasteiger partial charge is 0.406 e. The molecule has 0 amide bonds. The standard InChI is InChI=1S/C17H19F6N5O/c1-28(2)8-4-7-24-15-26-13(16(18,19)20)10-14(27-15)25-11-5-3-6-12(9-11)29-17(21,22)23/h3,5-6,9-10H,4,7-8H2,1-2H3,(H2,24,25,26,27). The minimum absolute atomic E-state index is 0.0668. The van der Waals surface area contributed by atoms with Crippen molar-refractivity contribution in [2.24, 2.45) is 0 Å². The van der Waals surface area contributed by atoms with E-state index in [0.29, 0.717) is 25.6 Å². The Kier molecular flexibility index (Phi) is 7.11. The first kappa shape index (κ1) is 22.5. The number of rotatable bonds is 8. The SMILES string of the molecule is CN(C)CCCNc1nc(Nc2cccc(OC(F)(F)F)c2)cc(C(F)(F)F)n1. The maximum absolute atomic E-state index is 13.1. The maximum atomic E-state index is 13.1. The molecule has 0 aliphatic carbocycles. The third-order valence-corrected chi connectivity index (χ3v) is 3.42. The first-order valence-corrected chi connectivity index (χ1v) is 8.40. The molecule has 160 valence electrons. The second kappa shape index (κ2) is 9.16. The molecule has 12 heteroatoms. The Bertz CT molecular complexity index is 810. The van der Waals surface area contributed by atoms with E-state index in [2.05, 4.69) is 25.3 Å². The molecular weight excluding hydrogens is 404 g/mol. The van der Waals surface area contributed by atoms with Crippen molar-refractivity contribution >= 4 is 17.5 Å². The summed E-state index contributed by atoms with van der Waals surface area (Å²) in [6.45, 7) is 1.05. The summed E-state index contributed by atoms with van der Waals surface area (Å²) in [5.74, 6) is -0.995. The Morgan fingerprint density at radius 1 is 1.03 bits per heavy atom. The predicted molar refractivity (Wildman–Crippen MR) is 95.1 cm³/mol. The van der Waals surface area contributed by atoms with Gasteiger partial charge in [-0.2, -0.15) is 18.2 Å². The number of halogens is 6. The van der Waals surface area contributed by atoms with Gasteiger partial charge in [-0.25, -0.2) is 4.98 Å². The number of hydrogen-bond donors (Lipinski definition) is 2. The highest BCUT2D eigenvalue weighted by atomic mass is 19.4. The van der Waals surface area contributed by atoms with E-state index in [9.17, 15) is 26.3 Å². The Morgan fingerprint density at radius 2 is 1.76 bits per heavy atom. The summed E-state index contributed by atoms with van der Waals surface area (Å²) in [4.78, 5) is 9.32. The molecule has 2 rings (SSSR count). The first-order valence-electron chi connectivity index (χ1n) is 8.40. The summed E-state index contributed by atoms with van der Waals surface area (Å²) in [7, 11) is 3.72. The minimum atomic E-state index is -4.89. The topological polar surface area (TPSA) is 62.3 Å². The summed E-state index contributed by atoms with van der Waals surface area (Å²) < 4.78 is 80.2. The van der Waals surface area contributed by atoms with Crippen LogP contribution in [0.4, 0.5) is 43.8 Å². The van der Waals surface area contributed by atoms with Gasteiger partial charge in [-0.15, -0.1) is 13.2 Å². The second-order valence-electron chi connectivity index (χ2n) is 6.24.